The maximum absolute atomic E-state index is 11.7. The molecule has 1 heterocycles. The Bertz CT molecular complexity index is 463. The number of aromatic nitrogens is 2. The van der Waals surface area contributed by atoms with E-state index < -0.39 is 4.92 Å². The fourth-order valence-electron chi connectivity index (χ4n) is 1.79. The van der Waals surface area contributed by atoms with Gasteiger partial charge in [0, 0.05) is 13.0 Å². The molecular formula is C12H19N3O3. The van der Waals surface area contributed by atoms with Gasteiger partial charge in [-0.2, -0.15) is 5.10 Å². The van der Waals surface area contributed by atoms with E-state index in [2.05, 4.69) is 5.10 Å². The molecule has 1 aromatic heterocycles. The highest BCUT2D eigenvalue weighted by Crippen LogP contribution is 2.25. The van der Waals surface area contributed by atoms with Gasteiger partial charge in [-0.3, -0.25) is 19.6 Å². The Hall–Kier alpha value is -1.72. The first-order valence-electron chi connectivity index (χ1n) is 6.10. The Kier molecular flexibility index (Phi) is 4.58. The lowest BCUT2D eigenvalue weighted by Gasteiger charge is -2.03. The Balaban J connectivity index is 3.17. The normalized spacial score (nSPS) is 10.9. The number of carbonyl (C=O) groups excluding carboxylic acids is 1. The number of nitro groups is 1. The van der Waals surface area contributed by atoms with Crippen molar-refractivity contribution >= 4 is 11.5 Å². The van der Waals surface area contributed by atoms with Crippen LogP contribution in [-0.4, -0.2) is 20.5 Å². The van der Waals surface area contributed by atoms with E-state index >= 15 is 0 Å². The summed E-state index contributed by atoms with van der Waals surface area (Å²) in [5.74, 6) is -0.140. The van der Waals surface area contributed by atoms with Crippen molar-refractivity contribution in [2.24, 2.45) is 13.0 Å². The van der Waals surface area contributed by atoms with Crippen molar-refractivity contribution in [2.45, 2.75) is 40.0 Å². The van der Waals surface area contributed by atoms with Gasteiger partial charge in [-0.05, 0) is 6.42 Å². The second-order valence-electron chi connectivity index (χ2n) is 4.67. The molecule has 0 radical (unpaired) electrons. The molecule has 0 saturated heterocycles. The molecule has 0 aliphatic heterocycles. The smallest absolute Gasteiger partial charge is 0.299 e. The molecule has 0 fully saturated rings. The molecule has 0 N–H and O–H groups in total. The van der Waals surface area contributed by atoms with Gasteiger partial charge in [0.25, 0.3) is 0 Å². The fraction of sp³-hybridized carbons (Fsp3) is 0.667. The summed E-state index contributed by atoms with van der Waals surface area (Å²) < 4.78 is 1.46. The van der Waals surface area contributed by atoms with E-state index in [0.29, 0.717) is 17.8 Å². The second-order valence-corrected chi connectivity index (χ2v) is 4.67. The number of aryl methyl sites for hydroxylation is 2. The van der Waals surface area contributed by atoms with Crippen LogP contribution >= 0.6 is 0 Å². The van der Waals surface area contributed by atoms with Crippen LogP contribution in [0.5, 0.6) is 0 Å². The number of nitrogens with zero attached hydrogens (tertiary/aromatic N) is 3. The van der Waals surface area contributed by atoms with Gasteiger partial charge < -0.3 is 0 Å². The third-order valence-corrected chi connectivity index (χ3v) is 2.86. The molecule has 0 spiro atoms. The highest BCUT2D eigenvalue weighted by Gasteiger charge is 2.27. The summed E-state index contributed by atoms with van der Waals surface area (Å²) in [5.41, 5.74) is 0.882. The molecule has 0 bridgehead atoms. The zero-order chi connectivity index (χ0) is 13.9. The van der Waals surface area contributed by atoms with E-state index in [4.69, 9.17) is 0 Å². The summed E-state index contributed by atoms with van der Waals surface area (Å²) in [4.78, 5) is 22.4. The number of Topliss-reactive ketones (excluding diaryl/α,β-unsaturated/α-hetero) is 1. The van der Waals surface area contributed by atoms with E-state index in [-0.39, 0.29) is 23.8 Å². The van der Waals surface area contributed by atoms with Gasteiger partial charge in [0.1, 0.15) is 17.2 Å². The minimum atomic E-state index is -0.430. The maximum Gasteiger partial charge on any atom is 0.313 e. The summed E-state index contributed by atoms with van der Waals surface area (Å²) in [6.45, 7) is 5.52. The lowest BCUT2D eigenvalue weighted by atomic mass is 10.0. The Morgan fingerprint density at radius 1 is 1.50 bits per heavy atom. The average Bonchev–Trinajstić information content (AvgIpc) is 2.55. The number of hydrogen-bond acceptors (Lipinski definition) is 4. The monoisotopic (exact) mass is 253 g/mol. The van der Waals surface area contributed by atoms with Crippen molar-refractivity contribution in [1.82, 2.24) is 9.78 Å². The van der Waals surface area contributed by atoms with Crippen molar-refractivity contribution in [3.63, 3.8) is 0 Å². The zero-order valence-corrected chi connectivity index (χ0v) is 11.3. The summed E-state index contributed by atoms with van der Waals surface area (Å²) in [6.07, 6.45) is 1.41. The lowest BCUT2D eigenvalue weighted by molar-refractivity contribution is -0.386. The SMILES string of the molecule is CCCc1nn(C)c(CC(=O)C(C)C)c1[N+](=O)[O-]. The van der Waals surface area contributed by atoms with Crippen LogP contribution in [0.3, 0.4) is 0 Å². The number of hydrogen-bond donors (Lipinski definition) is 0. The van der Waals surface area contributed by atoms with Crippen LogP contribution in [0.1, 0.15) is 38.6 Å². The van der Waals surface area contributed by atoms with Crippen molar-refractivity contribution in [3.05, 3.63) is 21.5 Å². The number of carbonyl (C=O) groups is 1. The minimum absolute atomic E-state index is 0.00773. The predicted molar refractivity (Wildman–Crippen MR) is 67.4 cm³/mol. The maximum atomic E-state index is 11.7. The highest BCUT2D eigenvalue weighted by molar-refractivity contribution is 5.83. The Morgan fingerprint density at radius 3 is 2.56 bits per heavy atom. The molecule has 0 unspecified atom stereocenters. The third-order valence-electron chi connectivity index (χ3n) is 2.86. The summed E-state index contributed by atoms with van der Waals surface area (Å²) in [6, 6.07) is 0. The van der Waals surface area contributed by atoms with Gasteiger partial charge in [-0.25, -0.2) is 0 Å². The van der Waals surface area contributed by atoms with Crippen LogP contribution in [0.25, 0.3) is 0 Å². The van der Waals surface area contributed by atoms with Crippen molar-refractivity contribution < 1.29 is 9.72 Å². The highest BCUT2D eigenvalue weighted by atomic mass is 16.6. The first-order valence-corrected chi connectivity index (χ1v) is 6.10. The largest absolute Gasteiger partial charge is 0.313 e. The molecule has 0 amide bonds. The van der Waals surface area contributed by atoms with Crippen LogP contribution in [0, 0.1) is 16.0 Å². The predicted octanol–water partition coefficient (Wildman–Crippen LogP) is 2.05. The van der Waals surface area contributed by atoms with Gasteiger partial charge in [-0.15, -0.1) is 0 Å². The van der Waals surface area contributed by atoms with E-state index in [0.717, 1.165) is 6.42 Å². The molecule has 0 aromatic carbocycles. The second kappa shape index (κ2) is 5.75. The van der Waals surface area contributed by atoms with E-state index in [1.165, 1.54) is 4.68 Å². The topological polar surface area (TPSA) is 78.0 Å². The van der Waals surface area contributed by atoms with Gasteiger partial charge in [-0.1, -0.05) is 27.2 Å². The van der Waals surface area contributed by atoms with Crippen LogP contribution in [0.2, 0.25) is 0 Å². The van der Waals surface area contributed by atoms with Crippen LogP contribution in [0.4, 0.5) is 5.69 Å². The summed E-state index contributed by atoms with van der Waals surface area (Å²) >= 11 is 0. The van der Waals surface area contributed by atoms with Crippen molar-refractivity contribution in [2.75, 3.05) is 0 Å². The molecular weight excluding hydrogens is 234 g/mol. The standard InChI is InChI=1S/C12H19N3O3/c1-5-6-9-12(15(17)18)10(14(4)13-9)7-11(16)8(2)3/h8H,5-7H2,1-4H3. The minimum Gasteiger partial charge on any atom is -0.299 e. The molecule has 0 aliphatic carbocycles. The van der Waals surface area contributed by atoms with Crippen molar-refractivity contribution in [1.29, 1.82) is 0 Å². The Morgan fingerprint density at radius 2 is 2.11 bits per heavy atom. The van der Waals surface area contributed by atoms with Crippen LogP contribution < -0.4 is 0 Å². The van der Waals surface area contributed by atoms with Crippen LogP contribution in [0.15, 0.2) is 0 Å². The quantitative estimate of drug-likeness (QED) is 0.574. The van der Waals surface area contributed by atoms with Gasteiger partial charge in [0.15, 0.2) is 0 Å². The van der Waals surface area contributed by atoms with E-state index in [1.54, 1.807) is 20.9 Å². The molecule has 1 rings (SSSR count). The zero-order valence-electron chi connectivity index (χ0n) is 11.3. The van der Waals surface area contributed by atoms with Crippen LogP contribution in [-0.2, 0) is 24.7 Å². The van der Waals surface area contributed by atoms with Crippen molar-refractivity contribution in [3.8, 4) is 0 Å². The average molecular weight is 253 g/mol. The summed E-state index contributed by atoms with van der Waals surface area (Å²) in [5, 5.41) is 15.3. The lowest BCUT2D eigenvalue weighted by Crippen LogP contribution is -2.14. The van der Waals surface area contributed by atoms with E-state index in [9.17, 15) is 14.9 Å². The third kappa shape index (κ3) is 2.94. The first-order chi connectivity index (χ1) is 8.38. The molecule has 1 aromatic rings. The molecule has 18 heavy (non-hydrogen) atoms. The molecule has 0 saturated carbocycles. The molecule has 6 heteroatoms. The molecule has 100 valence electrons. The molecule has 0 aliphatic rings. The van der Waals surface area contributed by atoms with Gasteiger partial charge in [0.05, 0.1) is 11.3 Å². The number of ketones is 1. The molecule has 0 atom stereocenters. The van der Waals surface area contributed by atoms with Gasteiger partial charge >= 0.3 is 5.69 Å². The molecule has 6 nitrogen and oxygen atoms in total. The Labute approximate surface area is 106 Å². The summed E-state index contributed by atoms with van der Waals surface area (Å²) in [7, 11) is 1.65. The first kappa shape index (κ1) is 14.3. The number of rotatable bonds is 6. The fourth-order valence-corrected chi connectivity index (χ4v) is 1.79. The van der Waals surface area contributed by atoms with Gasteiger partial charge in [0.2, 0.25) is 0 Å². The van der Waals surface area contributed by atoms with E-state index in [1.807, 2.05) is 6.92 Å².